The summed E-state index contributed by atoms with van der Waals surface area (Å²) in [5, 5.41) is 0. The van der Waals surface area contributed by atoms with Gasteiger partial charge in [0, 0.05) is 18.7 Å². The van der Waals surface area contributed by atoms with Gasteiger partial charge in [0.2, 0.25) is 0 Å². The van der Waals surface area contributed by atoms with Crippen molar-refractivity contribution in [3.8, 4) is 11.1 Å². The largest absolute Gasteiger partial charge is 0.379 e. The van der Waals surface area contributed by atoms with E-state index in [4.69, 9.17) is 14.2 Å². The van der Waals surface area contributed by atoms with E-state index in [1.54, 1.807) is 0 Å². The molecule has 4 nitrogen and oxygen atoms in total. The first-order valence-electron chi connectivity index (χ1n) is 12.2. The molecule has 1 aromatic carbocycles. The van der Waals surface area contributed by atoms with Crippen LogP contribution in [0, 0.1) is 0 Å². The maximum absolute atomic E-state index is 5.67. The Morgan fingerprint density at radius 3 is 1.71 bits per heavy atom. The highest BCUT2D eigenvalue weighted by molar-refractivity contribution is 5.61. The van der Waals surface area contributed by atoms with Crippen molar-refractivity contribution in [1.29, 1.82) is 0 Å². The van der Waals surface area contributed by atoms with E-state index in [1.807, 2.05) is 6.07 Å². The summed E-state index contributed by atoms with van der Waals surface area (Å²) in [6, 6.07) is 14.7. The number of unbranched alkanes of at least 4 members (excludes halogenated alkanes) is 7. The fraction of sp³-hybridized carbons (Fsp3) is 0.593. The number of hydrogen-bond donors (Lipinski definition) is 0. The predicted octanol–water partition coefficient (Wildman–Crippen LogP) is 5.83. The molecule has 0 aliphatic heterocycles. The van der Waals surface area contributed by atoms with E-state index in [0.717, 1.165) is 13.2 Å². The topological polar surface area (TPSA) is 31.6 Å². The molecular formula is C27H42NO3+. The summed E-state index contributed by atoms with van der Waals surface area (Å²) in [5.41, 5.74) is 2.47. The Morgan fingerprint density at radius 1 is 0.548 bits per heavy atom. The van der Waals surface area contributed by atoms with E-state index in [9.17, 15) is 0 Å². The summed E-state index contributed by atoms with van der Waals surface area (Å²) >= 11 is 0. The molecule has 1 aromatic heterocycles. The molecule has 0 radical (unpaired) electrons. The molecule has 0 atom stereocenters. The molecule has 1 heterocycles. The maximum Gasteiger partial charge on any atom is 0.171 e. The standard InChI is InChI=1S/C27H42NO3/c1-2-3-4-5-6-7-8-12-20-29-22-24-31-25-23-30-21-19-28-17-15-27(16-18-28)26-13-10-9-11-14-26/h9-11,13-18H,2-8,12,19-25H2,1H3/q+1. The van der Waals surface area contributed by atoms with E-state index in [0.29, 0.717) is 33.0 Å². The van der Waals surface area contributed by atoms with Crippen LogP contribution in [0.15, 0.2) is 54.9 Å². The molecule has 0 saturated carbocycles. The highest BCUT2D eigenvalue weighted by Crippen LogP contribution is 2.16. The van der Waals surface area contributed by atoms with Crippen LogP contribution in [-0.4, -0.2) is 39.6 Å². The van der Waals surface area contributed by atoms with E-state index >= 15 is 0 Å². The van der Waals surface area contributed by atoms with Gasteiger partial charge in [-0.25, -0.2) is 4.57 Å². The number of rotatable bonds is 19. The summed E-state index contributed by atoms with van der Waals surface area (Å²) in [4.78, 5) is 0. The van der Waals surface area contributed by atoms with Gasteiger partial charge in [0.15, 0.2) is 18.9 Å². The summed E-state index contributed by atoms with van der Waals surface area (Å²) in [6.07, 6.45) is 14.9. The van der Waals surface area contributed by atoms with Gasteiger partial charge < -0.3 is 14.2 Å². The third kappa shape index (κ3) is 12.6. The Morgan fingerprint density at radius 2 is 1.06 bits per heavy atom. The molecule has 0 saturated heterocycles. The van der Waals surface area contributed by atoms with Crippen LogP contribution in [0.2, 0.25) is 0 Å². The molecule has 2 rings (SSSR count). The minimum absolute atomic E-state index is 0.624. The van der Waals surface area contributed by atoms with Gasteiger partial charge in [-0.05, 0) is 17.5 Å². The minimum atomic E-state index is 0.624. The van der Waals surface area contributed by atoms with Crippen LogP contribution in [0.25, 0.3) is 11.1 Å². The number of hydrogen-bond acceptors (Lipinski definition) is 3. The molecule has 4 heteroatoms. The third-order valence-corrected chi connectivity index (χ3v) is 5.38. The number of nitrogens with zero attached hydrogens (tertiary/aromatic N) is 1. The van der Waals surface area contributed by atoms with Crippen molar-refractivity contribution in [2.24, 2.45) is 0 Å². The van der Waals surface area contributed by atoms with Crippen molar-refractivity contribution in [1.82, 2.24) is 0 Å². The Kier molecular flexibility index (Phi) is 14.7. The molecule has 0 unspecified atom stereocenters. The second kappa shape index (κ2) is 17.9. The van der Waals surface area contributed by atoms with Gasteiger partial charge in [-0.15, -0.1) is 0 Å². The van der Waals surface area contributed by atoms with E-state index < -0.39 is 0 Å². The van der Waals surface area contributed by atoms with E-state index in [-0.39, 0.29) is 0 Å². The molecule has 0 bridgehead atoms. The Hall–Kier alpha value is -1.75. The van der Waals surface area contributed by atoms with Crippen molar-refractivity contribution in [2.75, 3.05) is 39.6 Å². The molecule has 31 heavy (non-hydrogen) atoms. The average Bonchev–Trinajstić information content (AvgIpc) is 2.82. The lowest BCUT2D eigenvalue weighted by Gasteiger charge is -2.06. The molecule has 2 aromatic rings. The molecular weight excluding hydrogens is 386 g/mol. The van der Waals surface area contributed by atoms with Crippen molar-refractivity contribution in [3.05, 3.63) is 54.9 Å². The zero-order chi connectivity index (χ0) is 21.8. The fourth-order valence-corrected chi connectivity index (χ4v) is 3.48. The second-order valence-corrected chi connectivity index (χ2v) is 8.00. The summed E-state index contributed by atoms with van der Waals surface area (Å²) < 4.78 is 19.0. The first-order valence-corrected chi connectivity index (χ1v) is 12.2. The van der Waals surface area contributed by atoms with Gasteiger partial charge in [-0.3, -0.25) is 0 Å². The summed E-state index contributed by atoms with van der Waals surface area (Å²) in [6.45, 7) is 7.23. The average molecular weight is 429 g/mol. The molecule has 0 aliphatic carbocycles. The lowest BCUT2D eigenvalue weighted by atomic mass is 10.1. The van der Waals surface area contributed by atoms with Crippen LogP contribution in [0.1, 0.15) is 58.3 Å². The molecule has 172 valence electrons. The minimum Gasteiger partial charge on any atom is -0.379 e. The zero-order valence-corrected chi connectivity index (χ0v) is 19.5. The lowest BCUT2D eigenvalue weighted by molar-refractivity contribution is -0.698. The quantitative estimate of drug-likeness (QED) is 0.208. The Bertz CT molecular complexity index is 645. The molecule has 0 N–H and O–H groups in total. The summed E-state index contributed by atoms with van der Waals surface area (Å²) in [5.74, 6) is 0. The molecule has 0 fully saturated rings. The highest BCUT2D eigenvalue weighted by atomic mass is 16.5. The van der Waals surface area contributed by atoms with Crippen LogP contribution >= 0.6 is 0 Å². The van der Waals surface area contributed by atoms with Gasteiger partial charge in [-0.1, -0.05) is 82.2 Å². The smallest absolute Gasteiger partial charge is 0.171 e. The van der Waals surface area contributed by atoms with E-state index in [2.05, 4.69) is 60.3 Å². The van der Waals surface area contributed by atoms with Crippen LogP contribution in [-0.2, 0) is 20.8 Å². The highest BCUT2D eigenvalue weighted by Gasteiger charge is 2.02. The number of aromatic nitrogens is 1. The van der Waals surface area contributed by atoms with Crippen molar-refractivity contribution in [3.63, 3.8) is 0 Å². The first kappa shape index (κ1) is 25.5. The monoisotopic (exact) mass is 428 g/mol. The van der Waals surface area contributed by atoms with Gasteiger partial charge >= 0.3 is 0 Å². The first-order chi connectivity index (χ1) is 15.4. The Balaban J connectivity index is 1.35. The van der Waals surface area contributed by atoms with Crippen LogP contribution < -0.4 is 4.57 Å². The van der Waals surface area contributed by atoms with Gasteiger partial charge in [0.05, 0.1) is 26.4 Å². The lowest BCUT2D eigenvalue weighted by Crippen LogP contribution is -2.35. The number of ether oxygens (including phenoxy) is 3. The van der Waals surface area contributed by atoms with E-state index in [1.165, 1.54) is 62.5 Å². The van der Waals surface area contributed by atoms with Gasteiger partial charge in [0.1, 0.15) is 6.61 Å². The number of benzene rings is 1. The summed E-state index contributed by atoms with van der Waals surface area (Å²) in [7, 11) is 0. The van der Waals surface area contributed by atoms with Crippen molar-refractivity contribution < 1.29 is 18.8 Å². The predicted molar refractivity (Wildman–Crippen MR) is 127 cm³/mol. The molecule has 0 amide bonds. The van der Waals surface area contributed by atoms with Gasteiger partial charge in [-0.2, -0.15) is 0 Å². The molecule has 0 spiro atoms. The van der Waals surface area contributed by atoms with Crippen LogP contribution in [0.4, 0.5) is 0 Å². The van der Waals surface area contributed by atoms with Crippen molar-refractivity contribution in [2.45, 2.75) is 64.8 Å². The van der Waals surface area contributed by atoms with Crippen LogP contribution in [0.3, 0.4) is 0 Å². The molecule has 0 aliphatic rings. The zero-order valence-electron chi connectivity index (χ0n) is 19.5. The van der Waals surface area contributed by atoms with Crippen LogP contribution in [0.5, 0.6) is 0 Å². The fourth-order valence-electron chi connectivity index (χ4n) is 3.48. The van der Waals surface area contributed by atoms with Gasteiger partial charge in [0.25, 0.3) is 0 Å². The maximum atomic E-state index is 5.67. The van der Waals surface area contributed by atoms with Crippen molar-refractivity contribution >= 4 is 0 Å². The number of pyridine rings is 1. The Labute approximate surface area is 189 Å². The third-order valence-electron chi connectivity index (χ3n) is 5.38. The SMILES string of the molecule is CCCCCCCCCCOCCOCCOCC[n+]1ccc(-c2ccccc2)cc1. The normalized spacial score (nSPS) is 11.1. The second-order valence-electron chi connectivity index (χ2n) is 8.00.